The van der Waals surface area contributed by atoms with Crippen LogP contribution in [0.15, 0.2) is 70.5 Å². The zero-order valence-corrected chi connectivity index (χ0v) is 21.8. The Labute approximate surface area is 211 Å². The van der Waals surface area contributed by atoms with Gasteiger partial charge in [0.2, 0.25) is 5.89 Å². The van der Waals surface area contributed by atoms with Crippen LogP contribution >= 0.6 is 24.0 Å². The summed E-state index contributed by atoms with van der Waals surface area (Å²) in [5.74, 6) is 2.23. The normalized spacial score (nSPS) is 11.9. The quantitative estimate of drug-likeness (QED) is 0.201. The third kappa shape index (κ3) is 6.34. The zero-order valence-electron chi connectivity index (χ0n) is 19.5. The van der Waals surface area contributed by atoms with Crippen molar-refractivity contribution in [3.8, 4) is 0 Å². The van der Waals surface area contributed by atoms with Gasteiger partial charge < -0.3 is 19.6 Å². The minimum atomic E-state index is -0.0533. The highest BCUT2D eigenvalue weighted by Gasteiger charge is 2.19. The lowest BCUT2D eigenvalue weighted by atomic mass is 9.94. The number of aromatic nitrogens is 3. The Kier molecular flexibility index (Phi) is 8.12. The van der Waals surface area contributed by atoms with Crippen molar-refractivity contribution in [2.45, 2.75) is 45.8 Å². The lowest BCUT2D eigenvalue weighted by Crippen LogP contribution is -2.36. The lowest BCUT2D eigenvalue weighted by molar-refractivity contribution is 0.379. The molecule has 33 heavy (non-hydrogen) atoms. The van der Waals surface area contributed by atoms with E-state index in [1.807, 2.05) is 24.5 Å². The number of halogens is 1. The molecule has 0 unspecified atom stereocenters. The number of nitrogens with zero attached hydrogens (tertiary/aromatic N) is 4. The minimum Gasteiger partial charge on any atom is -0.443 e. The summed E-state index contributed by atoms with van der Waals surface area (Å²) in [6.07, 6.45) is 3.69. The second kappa shape index (κ2) is 10.8. The van der Waals surface area contributed by atoms with Gasteiger partial charge in [-0.2, -0.15) is 0 Å². The molecule has 7 nitrogen and oxygen atoms in total. The molecule has 0 atom stereocenters. The maximum absolute atomic E-state index is 5.83. The predicted molar refractivity (Wildman–Crippen MR) is 143 cm³/mol. The van der Waals surface area contributed by atoms with Crippen LogP contribution in [0, 0.1) is 0 Å². The Morgan fingerprint density at radius 2 is 1.67 bits per heavy atom. The van der Waals surface area contributed by atoms with Crippen molar-refractivity contribution in [3.05, 3.63) is 83.8 Å². The minimum absolute atomic E-state index is 0. The van der Waals surface area contributed by atoms with Crippen LogP contribution < -0.4 is 10.6 Å². The number of fused-ring (bicyclic) bond motifs is 1. The van der Waals surface area contributed by atoms with Crippen molar-refractivity contribution in [2.75, 3.05) is 7.05 Å². The van der Waals surface area contributed by atoms with Crippen molar-refractivity contribution >= 4 is 41.0 Å². The summed E-state index contributed by atoms with van der Waals surface area (Å²) >= 11 is 0. The van der Waals surface area contributed by atoms with Crippen molar-refractivity contribution in [1.29, 1.82) is 0 Å². The van der Waals surface area contributed by atoms with Crippen LogP contribution in [0.25, 0.3) is 11.0 Å². The van der Waals surface area contributed by atoms with Gasteiger partial charge in [-0.05, 0) is 23.3 Å². The van der Waals surface area contributed by atoms with Crippen LogP contribution in [-0.4, -0.2) is 27.5 Å². The molecule has 8 heteroatoms. The van der Waals surface area contributed by atoms with Gasteiger partial charge in [0.05, 0.1) is 30.1 Å². The first-order chi connectivity index (χ1) is 15.4. The molecule has 0 saturated heterocycles. The Morgan fingerprint density at radius 3 is 2.36 bits per heavy atom. The van der Waals surface area contributed by atoms with Gasteiger partial charge in [0, 0.05) is 25.6 Å². The third-order valence-electron chi connectivity index (χ3n) is 5.29. The number of aliphatic imine (C=N–C) groups is 1. The fraction of sp³-hybridized carbons (Fsp3) is 0.320. The van der Waals surface area contributed by atoms with E-state index in [1.54, 1.807) is 13.2 Å². The van der Waals surface area contributed by atoms with Crippen LogP contribution in [-0.2, 0) is 25.0 Å². The summed E-state index contributed by atoms with van der Waals surface area (Å²) in [6, 6.07) is 16.8. The number of benzene rings is 2. The number of rotatable bonds is 6. The third-order valence-corrected chi connectivity index (χ3v) is 5.29. The van der Waals surface area contributed by atoms with Gasteiger partial charge in [0.1, 0.15) is 5.76 Å². The SMILES string of the molecule is CN=C(NCc1ccc(Cn2cnc3ccccc32)cc1)NCc1ncc(C(C)(C)C)o1.I. The van der Waals surface area contributed by atoms with Gasteiger partial charge in [-0.15, -0.1) is 24.0 Å². The second-order valence-electron chi connectivity index (χ2n) is 8.83. The molecule has 0 radical (unpaired) electrons. The number of guanidine groups is 1. The molecule has 0 amide bonds. The summed E-state index contributed by atoms with van der Waals surface area (Å²) < 4.78 is 7.99. The monoisotopic (exact) mass is 558 g/mol. The fourth-order valence-electron chi connectivity index (χ4n) is 3.40. The molecule has 2 aromatic heterocycles. The average Bonchev–Trinajstić information content (AvgIpc) is 3.43. The summed E-state index contributed by atoms with van der Waals surface area (Å²) in [7, 11) is 1.75. The first-order valence-corrected chi connectivity index (χ1v) is 10.8. The van der Waals surface area contributed by atoms with Crippen molar-refractivity contribution < 1.29 is 4.42 Å². The van der Waals surface area contributed by atoms with Crippen LogP contribution in [0.1, 0.15) is 43.5 Å². The van der Waals surface area contributed by atoms with Crippen LogP contribution in [0.5, 0.6) is 0 Å². The average molecular weight is 558 g/mol. The highest BCUT2D eigenvalue weighted by atomic mass is 127. The number of hydrogen-bond acceptors (Lipinski definition) is 4. The van der Waals surface area contributed by atoms with E-state index >= 15 is 0 Å². The topological polar surface area (TPSA) is 80.3 Å². The fourth-order valence-corrected chi connectivity index (χ4v) is 3.40. The molecule has 2 heterocycles. The first kappa shape index (κ1) is 24.8. The Balaban J connectivity index is 0.00000306. The molecule has 0 fully saturated rings. The van der Waals surface area contributed by atoms with Crippen LogP contribution in [0.4, 0.5) is 0 Å². The van der Waals surface area contributed by atoms with Gasteiger partial charge >= 0.3 is 0 Å². The molecule has 0 bridgehead atoms. The van der Waals surface area contributed by atoms with E-state index in [2.05, 4.69) is 81.3 Å². The molecule has 0 saturated carbocycles. The first-order valence-electron chi connectivity index (χ1n) is 10.8. The van der Waals surface area contributed by atoms with Crippen LogP contribution in [0.2, 0.25) is 0 Å². The van der Waals surface area contributed by atoms with E-state index in [9.17, 15) is 0 Å². The maximum atomic E-state index is 5.83. The zero-order chi connectivity index (χ0) is 22.6. The molecule has 2 aromatic carbocycles. The maximum Gasteiger partial charge on any atom is 0.213 e. The van der Waals surface area contributed by atoms with Gasteiger partial charge in [-0.3, -0.25) is 4.99 Å². The Bertz CT molecular complexity index is 1200. The molecule has 0 spiro atoms. The lowest BCUT2D eigenvalue weighted by Gasteiger charge is -2.13. The Morgan fingerprint density at radius 1 is 0.970 bits per heavy atom. The molecule has 0 aliphatic rings. The van der Waals surface area contributed by atoms with E-state index in [0.29, 0.717) is 24.9 Å². The molecule has 0 aliphatic heterocycles. The molecule has 4 rings (SSSR count). The number of oxazole rings is 1. The number of hydrogen-bond donors (Lipinski definition) is 2. The molecule has 0 aliphatic carbocycles. The van der Waals surface area contributed by atoms with E-state index in [1.165, 1.54) is 11.1 Å². The van der Waals surface area contributed by atoms with E-state index < -0.39 is 0 Å². The summed E-state index contributed by atoms with van der Waals surface area (Å²) in [4.78, 5) is 13.1. The van der Waals surface area contributed by atoms with Gasteiger partial charge in [-0.1, -0.05) is 57.2 Å². The largest absolute Gasteiger partial charge is 0.443 e. The number of nitrogens with one attached hydrogen (secondary N) is 2. The highest BCUT2D eigenvalue weighted by Crippen LogP contribution is 2.22. The number of para-hydroxylation sites is 2. The van der Waals surface area contributed by atoms with Crippen molar-refractivity contribution in [1.82, 2.24) is 25.2 Å². The van der Waals surface area contributed by atoms with E-state index in [-0.39, 0.29) is 29.4 Å². The van der Waals surface area contributed by atoms with E-state index in [0.717, 1.165) is 23.3 Å². The Hall–Kier alpha value is -2.88. The molecule has 174 valence electrons. The molecular weight excluding hydrogens is 527 g/mol. The summed E-state index contributed by atoms with van der Waals surface area (Å²) in [5, 5.41) is 6.59. The smallest absolute Gasteiger partial charge is 0.213 e. The molecule has 2 N–H and O–H groups in total. The standard InChI is InChI=1S/C25H30N6O.HI/c1-25(2,3)22-14-27-23(32-22)15-29-24(26-4)28-13-18-9-11-19(12-10-18)16-31-17-30-20-7-5-6-8-21(20)31;/h5-12,14,17H,13,15-16H2,1-4H3,(H2,26,28,29);1H. The van der Waals surface area contributed by atoms with Gasteiger partial charge in [0.15, 0.2) is 5.96 Å². The van der Waals surface area contributed by atoms with Gasteiger partial charge in [0.25, 0.3) is 0 Å². The predicted octanol–water partition coefficient (Wildman–Crippen LogP) is 4.85. The second-order valence-corrected chi connectivity index (χ2v) is 8.83. The van der Waals surface area contributed by atoms with Crippen molar-refractivity contribution in [2.24, 2.45) is 4.99 Å². The van der Waals surface area contributed by atoms with Crippen molar-refractivity contribution in [3.63, 3.8) is 0 Å². The highest BCUT2D eigenvalue weighted by molar-refractivity contribution is 14.0. The number of imidazole rings is 1. The van der Waals surface area contributed by atoms with Gasteiger partial charge in [-0.25, -0.2) is 9.97 Å². The van der Waals surface area contributed by atoms with E-state index in [4.69, 9.17) is 4.42 Å². The molecular formula is C25H31IN6O. The van der Waals surface area contributed by atoms with Crippen LogP contribution in [0.3, 0.4) is 0 Å². The summed E-state index contributed by atoms with van der Waals surface area (Å²) in [5.41, 5.74) is 4.53. The summed E-state index contributed by atoms with van der Waals surface area (Å²) in [6.45, 7) is 8.26. The molecule has 4 aromatic rings.